The maximum Gasteiger partial charge on any atom is 0.00864 e. The molecule has 2 aliphatic rings. The van der Waals surface area contributed by atoms with E-state index in [1.165, 1.54) is 38.5 Å². The number of hydrogen-bond acceptors (Lipinski definition) is 0. The van der Waals surface area contributed by atoms with Crippen LogP contribution in [0.4, 0.5) is 0 Å². The van der Waals surface area contributed by atoms with Crippen molar-refractivity contribution in [2.45, 2.75) is 45.4 Å². The molecule has 1 unspecified atom stereocenters. The van der Waals surface area contributed by atoms with Gasteiger partial charge in [0.05, 0.1) is 0 Å². The third-order valence-corrected chi connectivity index (χ3v) is 3.30. The molecule has 0 heterocycles. The summed E-state index contributed by atoms with van der Waals surface area (Å²) in [4.78, 5) is 0. The zero-order valence-corrected chi connectivity index (χ0v) is 8.55. The summed E-state index contributed by atoms with van der Waals surface area (Å²) in [6, 6.07) is 0. The van der Waals surface area contributed by atoms with Crippen molar-refractivity contribution in [3.8, 4) is 0 Å². The van der Waals surface area contributed by atoms with Crippen molar-refractivity contribution in [1.29, 1.82) is 0 Å². The molecule has 13 heavy (non-hydrogen) atoms. The first kappa shape index (κ1) is 9.05. The van der Waals surface area contributed by atoms with Crippen molar-refractivity contribution in [3.05, 3.63) is 29.7 Å². The van der Waals surface area contributed by atoms with Crippen LogP contribution in [0.25, 0.3) is 0 Å². The van der Waals surface area contributed by atoms with Crippen molar-refractivity contribution in [2.24, 2.45) is 5.92 Å². The Labute approximate surface area is 81.7 Å². The molecule has 0 saturated carbocycles. The quantitative estimate of drug-likeness (QED) is 0.607. The van der Waals surface area contributed by atoms with Crippen molar-refractivity contribution in [3.63, 3.8) is 0 Å². The van der Waals surface area contributed by atoms with E-state index in [0.717, 1.165) is 5.92 Å². The summed E-state index contributed by atoms with van der Waals surface area (Å²) in [5, 5.41) is 0. The molecule has 0 aromatic rings. The highest BCUT2D eigenvalue weighted by molar-refractivity contribution is 5.43. The summed E-state index contributed by atoms with van der Waals surface area (Å²) in [6.07, 6.45) is 15.1. The highest BCUT2D eigenvalue weighted by Gasteiger charge is 2.20. The van der Waals surface area contributed by atoms with Gasteiger partial charge in [-0.1, -0.05) is 43.9 Å². The second-order valence-corrected chi connectivity index (χ2v) is 4.33. The van der Waals surface area contributed by atoms with Gasteiger partial charge in [-0.3, -0.25) is 0 Å². The van der Waals surface area contributed by atoms with E-state index in [1.54, 1.807) is 11.1 Å². The molecule has 0 amide bonds. The van der Waals surface area contributed by atoms with E-state index in [-0.39, 0.29) is 0 Å². The monoisotopic (exact) mass is 175 g/mol. The van der Waals surface area contributed by atoms with Crippen LogP contribution in [-0.4, -0.2) is 0 Å². The van der Waals surface area contributed by atoms with Crippen LogP contribution < -0.4 is 0 Å². The van der Waals surface area contributed by atoms with Crippen LogP contribution in [0, 0.1) is 12.3 Å². The van der Waals surface area contributed by atoms with Crippen LogP contribution in [0.2, 0.25) is 0 Å². The normalized spacial score (nSPS) is 26.7. The summed E-state index contributed by atoms with van der Waals surface area (Å²) < 4.78 is 0. The first-order valence-corrected chi connectivity index (χ1v) is 5.63. The summed E-state index contributed by atoms with van der Waals surface area (Å²) >= 11 is 0. The standard InChI is InChI=1S/C13H19/c1-2-3-5-11-8-9-12-6-4-7-13(12)10-11/h4,6-7,11H,2-3,5,8-10H2,1H3. The second kappa shape index (κ2) is 4.13. The minimum Gasteiger partial charge on any atom is -0.0761 e. The van der Waals surface area contributed by atoms with E-state index in [9.17, 15) is 0 Å². The molecule has 71 valence electrons. The van der Waals surface area contributed by atoms with E-state index in [1.807, 2.05) is 0 Å². The first-order chi connectivity index (χ1) is 6.40. The van der Waals surface area contributed by atoms with Crippen molar-refractivity contribution >= 4 is 0 Å². The number of unbranched alkanes of at least 4 members (excludes halogenated alkanes) is 1. The van der Waals surface area contributed by atoms with E-state index in [4.69, 9.17) is 0 Å². The van der Waals surface area contributed by atoms with Gasteiger partial charge in [-0.25, -0.2) is 0 Å². The van der Waals surface area contributed by atoms with Gasteiger partial charge in [0, 0.05) is 6.42 Å². The van der Waals surface area contributed by atoms with Gasteiger partial charge in [0.25, 0.3) is 0 Å². The molecule has 0 spiro atoms. The number of hydrogen-bond donors (Lipinski definition) is 0. The van der Waals surface area contributed by atoms with Crippen molar-refractivity contribution in [1.82, 2.24) is 0 Å². The van der Waals surface area contributed by atoms with Crippen LogP contribution in [0.15, 0.2) is 23.3 Å². The lowest BCUT2D eigenvalue weighted by molar-refractivity contribution is 0.417. The summed E-state index contributed by atoms with van der Waals surface area (Å²) in [5.41, 5.74) is 3.25. The molecular weight excluding hydrogens is 156 g/mol. The van der Waals surface area contributed by atoms with Gasteiger partial charge in [0.1, 0.15) is 0 Å². The van der Waals surface area contributed by atoms with Crippen LogP contribution >= 0.6 is 0 Å². The van der Waals surface area contributed by atoms with E-state index in [0.29, 0.717) is 0 Å². The fourth-order valence-corrected chi connectivity index (χ4v) is 2.45. The van der Waals surface area contributed by atoms with Crippen molar-refractivity contribution in [2.75, 3.05) is 0 Å². The molecular formula is C13H19. The average Bonchev–Trinajstić information content (AvgIpc) is 2.61. The Bertz CT molecular complexity index is 232. The molecule has 2 aliphatic carbocycles. The fraction of sp³-hybridized carbons (Fsp3) is 0.615. The smallest absolute Gasteiger partial charge is 0.00864 e. The third kappa shape index (κ3) is 2.04. The lowest BCUT2D eigenvalue weighted by atomic mass is 9.82. The molecule has 2 rings (SSSR count). The molecule has 0 fully saturated rings. The van der Waals surface area contributed by atoms with Crippen molar-refractivity contribution < 1.29 is 0 Å². The van der Waals surface area contributed by atoms with Gasteiger partial charge < -0.3 is 0 Å². The summed E-state index contributed by atoms with van der Waals surface area (Å²) in [5.74, 6) is 0.981. The first-order valence-electron chi connectivity index (χ1n) is 5.63. The Morgan fingerprint density at radius 3 is 3.15 bits per heavy atom. The second-order valence-electron chi connectivity index (χ2n) is 4.33. The molecule has 0 aliphatic heterocycles. The molecule has 0 nitrogen and oxygen atoms in total. The van der Waals surface area contributed by atoms with Crippen LogP contribution in [0.1, 0.15) is 45.4 Å². The zero-order valence-electron chi connectivity index (χ0n) is 8.55. The zero-order chi connectivity index (χ0) is 9.10. The fourth-order valence-electron chi connectivity index (χ4n) is 2.45. The predicted octanol–water partition coefficient (Wildman–Crippen LogP) is 4.05. The lowest BCUT2D eigenvalue weighted by Crippen LogP contribution is -2.08. The minimum atomic E-state index is 0.981. The lowest BCUT2D eigenvalue weighted by Gasteiger charge is -2.23. The van der Waals surface area contributed by atoms with Gasteiger partial charge in [-0.2, -0.15) is 0 Å². The number of rotatable bonds is 3. The Kier molecular flexibility index (Phi) is 2.87. The maximum atomic E-state index is 2.31. The third-order valence-electron chi connectivity index (χ3n) is 3.30. The summed E-state index contributed by atoms with van der Waals surface area (Å²) in [6.45, 7) is 2.29. The van der Waals surface area contributed by atoms with E-state index < -0.39 is 0 Å². The molecule has 0 heteroatoms. The van der Waals surface area contributed by atoms with E-state index >= 15 is 0 Å². The predicted molar refractivity (Wildman–Crippen MR) is 57.3 cm³/mol. The molecule has 0 aromatic heterocycles. The Hall–Kier alpha value is -0.520. The minimum absolute atomic E-state index is 0.981. The van der Waals surface area contributed by atoms with Crippen LogP contribution in [0.5, 0.6) is 0 Å². The molecule has 0 bridgehead atoms. The Balaban J connectivity index is 1.88. The van der Waals surface area contributed by atoms with Crippen LogP contribution in [0.3, 0.4) is 0 Å². The largest absolute Gasteiger partial charge is 0.0761 e. The van der Waals surface area contributed by atoms with Gasteiger partial charge >= 0.3 is 0 Å². The van der Waals surface area contributed by atoms with Crippen LogP contribution in [-0.2, 0) is 0 Å². The SMILES string of the molecule is CCCCC1CCC2=C(C=C[CH]2)C1. The topological polar surface area (TPSA) is 0 Å². The molecule has 1 atom stereocenters. The van der Waals surface area contributed by atoms with Gasteiger partial charge in [0.15, 0.2) is 0 Å². The highest BCUT2D eigenvalue weighted by Crippen LogP contribution is 2.37. The molecule has 0 saturated heterocycles. The van der Waals surface area contributed by atoms with Gasteiger partial charge in [-0.05, 0) is 30.8 Å². The molecule has 1 radical (unpaired) electrons. The van der Waals surface area contributed by atoms with Gasteiger partial charge in [0.2, 0.25) is 0 Å². The van der Waals surface area contributed by atoms with Gasteiger partial charge in [-0.15, -0.1) is 0 Å². The maximum absolute atomic E-state index is 2.31. The highest BCUT2D eigenvalue weighted by atomic mass is 14.3. The number of allylic oxidation sites excluding steroid dienone is 4. The molecule has 0 aromatic carbocycles. The Morgan fingerprint density at radius 2 is 2.31 bits per heavy atom. The Morgan fingerprint density at radius 1 is 1.38 bits per heavy atom. The summed E-state index contributed by atoms with van der Waals surface area (Å²) in [7, 11) is 0. The van der Waals surface area contributed by atoms with E-state index in [2.05, 4.69) is 25.5 Å². The average molecular weight is 175 g/mol. The molecule has 0 N–H and O–H groups in total.